The summed E-state index contributed by atoms with van der Waals surface area (Å²) in [5.74, 6) is 0.861. The zero-order valence-corrected chi connectivity index (χ0v) is 9.81. The molecule has 0 atom stereocenters. The molecule has 0 radical (unpaired) electrons. The van der Waals surface area contributed by atoms with Crippen LogP contribution in [0.15, 0.2) is 36.5 Å². The minimum Gasteiger partial charge on any atom is -0.378 e. The van der Waals surface area contributed by atoms with Gasteiger partial charge in [-0.25, -0.2) is 0 Å². The van der Waals surface area contributed by atoms with Crippen molar-refractivity contribution in [2.45, 2.75) is 0 Å². The van der Waals surface area contributed by atoms with Gasteiger partial charge in [0.05, 0.1) is 0 Å². The van der Waals surface area contributed by atoms with E-state index >= 15 is 0 Å². The van der Waals surface area contributed by atoms with Crippen LogP contribution in [-0.4, -0.2) is 23.9 Å². The van der Waals surface area contributed by atoms with Gasteiger partial charge in [0, 0.05) is 44.8 Å². The van der Waals surface area contributed by atoms with Crippen LogP contribution in [0.3, 0.4) is 0 Å². The molecule has 0 aliphatic rings. The van der Waals surface area contributed by atoms with Crippen molar-refractivity contribution in [2.75, 3.05) is 24.3 Å². The highest BCUT2D eigenvalue weighted by Crippen LogP contribution is 2.18. The first-order valence-corrected chi connectivity index (χ1v) is 5.19. The topological polar surface area (TPSA) is 33.1 Å². The predicted octanol–water partition coefficient (Wildman–Crippen LogP) is 2.23. The van der Waals surface area contributed by atoms with Gasteiger partial charge in [-0.05, 0) is 24.3 Å². The standard InChI is InChI=1S/C12H16N4/c1-15(2)11-6-4-10(5-7-11)13-12-8-9-16(3)14-12/h4-9H,1-3H3,(H,13,14). The molecule has 84 valence electrons. The first-order chi connectivity index (χ1) is 7.65. The Balaban J connectivity index is 2.11. The maximum absolute atomic E-state index is 4.26. The van der Waals surface area contributed by atoms with Crippen LogP contribution in [0.2, 0.25) is 0 Å². The quantitative estimate of drug-likeness (QED) is 0.854. The largest absolute Gasteiger partial charge is 0.378 e. The van der Waals surface area contributed by atoms with Gasteiger partial charge in [0.1, 0.15) is 0 Å². The number of aromatic nitrogens is 2. The monoisotopic (exact) mass is 216 g/mol. The van der Waals surface area contributed by atoms with E-state index in [1.54, 1.807) is 4.68 Å². The minimum atomic E-state index is 0.861. The van der Waals surface area contributed by atoms with Crippen LogP contribution in [0.4, 0.5) is 17.2 Å². The summed E-state index contributed by atoms with van der Waals surface area (Å²) in [5, 5.41) is 7.50. The molecule has 1 aromatic heterocycles. The van der Waals surface area contributed by atoms with E-state index in [-0.39, 0.29) is 0 Å². The molecule has 2 aromatic rings. The average molecular weight is 216 g/mol. The van der Waals surface area contributed by atoms with Gasteiger partial charge >= 0.3 is 0 Å². The van der Waals surface area contributed by atoms with Crippen LogP contribution in [0.1, 0.15) is 0 Å². The van der Waals surface area contributed by atoms with E-state index in [2.05, 4.69) is 27.4 Å². The molecule has 2 rings (SSSR count). The highest BCUT2D eigenvalue weighted by Gasteiger charge is 1.98. The molecule has 1 aromatic carbocycles. The number of hydrogen-bond donors (Lipinski definition) is 1. The first kappa shape index (κ1) is 10.5. The number of nitrogens with one attached hydrogen (secondary N) is 1. The van der Waals surface area contributed by atoms with E-state index in [1.165, 1.54) is 5.69 Å². The lowest BCUT2D eigenvalue weighted by Crippen LogP contribution is -2.08. The Kier molecular flexibility index (Phi) is 2.81. The summed E-state index contributed by atoms with van der Waals surface area (Å²) in [4.78, 5) is 2.07. The van der Waals surface area contributed by atoms with Gasteiger partial charge < -0.3 is 10.2 Å². The molecule has 16 heavy (non-hydrogen) atoms. The Morgan fingerprint density at radius 1 is 1.12 bits per heavy atom. The summed E-state index contributed by atoms with van der Waals surface area (Å²) in [5.41, 5.74) is 2.23. The molecule has 0 bridgehead atoms. The Hall–Kier alpha value is -1.97. The Morgan fingerprint density at radius 2 is 1.81 bits per heavy atom. The minimum absolute atomic E-state index is 0.861. The smallest absolute Gasteiger partial charge is 0.152 e. The zero-order chi connectivity index (χ0) is 11.5. The number of nitrogens with zero attached hydrogens (tertiary/aromatic N) is 3. The van der Waals surface area contributed by atoms with E-state index in [0.717, 1.165) is 11.5 Å². The van der Waals surface area contributed by atoms with Crippen LogP contribution >= 0.6 is 0 Å². The fourth-order valence-electron chi connectivity index (χ4n) is 1.47. The fraction of sp³-hybridized carbons (Fsp3) is 0.250. The molecule has 0 aliphatic heterocycles. The number of anilines is 3. The molecule has 1 N–H and O–H groups in total. The van der Waals surface area contributed by atoms with E-state index in [4.69, 9.17) is 0 Å². The van der Waals surface area contributed by atoms with Crippen molar-refractivity contribution in [3.8, 4) is 0 Å². The molecule has 0 amide bonds. The van der Waals surface area contributed by atoms with E-state index in [1.807, 2.05) is 45.5 Å². The van der Waals surface area contributed by atoms with Crippen LogP contribution < -0.4 is 10.2 Å². The first-order valence-electron chi connectivity index (χ1n) is 5.19. The highest BCUT2D eigenvalue weighted by molar-refractivity contribution is 5.60. The molecular formula is C12H16N4. The van der Waals surface area contributed by atoms with Crippen molar-refractivity contribution >= 4 is 17.2 Å². The zero-order valence-electron chi connectivity index (χ0n) is 9.81. The molecular weight excluding hydrogens is 200 g/mol. The molecule has 0 fully saturated rings. The highest BCUT2D eigenvalue weighted by atomic mass is 15.3. The second kappa shape index (κ2) is 4.26. The van der Waals surface area contributed by atoms with E-state index in [0.29, 0.717) is 0 Å². The predicted molar refractivity (Wildman–Crippen MR) is 67.3 cm³/mol. The summed E-state index contributed by atoms with van der Waals surface area (Å²) >= 11 is 0. The Bertz CT molecular complexity index is 456. The summed E-state index contributed by atoms with van der Waals surface area (Å²) in [6.07, 6.45) is 1.91. The molecule has 0 aliphatic carbocycles. The van der Waals surface area contributed by atoms with Crippen molar-refractivity contribution in [3.63, 3.8) is 0 Å². The number of hydrogen-bond acceptors (Lipinski definition) is 3. The number of aryl methyl sites for hydroxylation is 1. The lowest BCUT2D eigenvalue weighted by molar-refractivity contribution is 0.771. The van der Waals surface area contributed by atoms with Crippen molar-refractivity contribution in [2.24, 2.45) is 7.05 Å². The number of benzene rings is 1. The summed E-state index contributed by atoms with van der Waals surface area (Å²) in [6.45, 7) is 0. The Labute approximate surface area is 95.5 Å². The SMILES string of the molecule is CN(C)c1ccc(Nc2ccn(C)n2)cc1. The van der Waals surface area contributed by atoms with Crippen molar-refractivity contribution < 1.29 is 0 Å². The van der Waals surface area contributed by atoms with Crippen molar-refractivity contribution in [3.05, 3.63) is 36.5 Å². The van der Waals surface area contributed by atoms with Gasteiger partial charge in [-0.15, -0.1) is 0 Å². The van der Waals surface area contributed by atoms with Crippen LogP contribution in [0.5, 0.6) is 0 Å². The average Bonchev–Trinajstić information content (AvgIpc) is 2.65. The molecule has 0 saturated carbocycles. The third-order valence-electron chi connectivity index (χ3n) is 2.37. The summed E-state index contributed by atoms with van der Waals surface area (Å²) < 4.78 is 1.77. The molecule has 0 spiro atoms. The van der Waals surface area contributed by atoms with Gasteiger partial charge in [0.15, 0.2) is 5.82 Å². The molecule has 1 heterocycles. The summed E-state index contributed by atoms with van der Waals surface area (Å²) in [7, 11) is 5.96. The van der Waals surface area contributed by atoms with Crippen LogP contribution in [0, 0.1) is 0 Å². The maximum atomic E-state index is 4.26. The fourth-order valence-corrected chi connectivity index (χ4v) is 1.47. The van der Waals surface area contributed by atoms with E-state index < -0.39 is 0 Å². The summed E-state index contributed by atoms with van der Waals surface area (Å²) in [6, 6.07) is 10.2. The maximum Gasteiger partial charge on any atom is 0.152 e. The van der Waals surface area contributed by atoms with Crippen molar-refractivity contribution in [1.29, 1.82) is 0 Å². The molecule has 0 saturated heterocycles. The number of rotatable bonds is 3. The van der Waals surface area contributed by atoms with Crippen molar-refractivity contribution in [1.82, 2.24) is 9.78 Å². The Morgan fingerprint density at radius 3 is 2.31 bits per heavy atom. The van der Waals surface area contributed by atoms with Gasteiger partial charge in [-0.2, -0.15) is 5.10 Å². The second-order valence-corrected chi connectivity index (χ2v) is 3.94. The van der Waals surface area contributed by atoms with Crippen LogP contribution in [0.25, 0.3) is 0 Å². The van der Waals surface area contributed by atoms with E-state index in [9.17, 15) is 0 Å². The lowest BCUT2D eigenvalue weighted by Gasteiger charge is -2.12. The third-order valence-corrected chi connectivity index (χ3v) is 2.37. The third kappa shape index (κ3) is 2.34. The lowest BCUT2D eigenvalue weighted by atomic mass is 10.2. The van der Waals surface area contributed by atoms with Gasteiger partial charge in [-0.3, -0.25) is 4.68 Å². The molecule has 4 heteroatoms. The van der Waals surface area contributed by atoms with Gasteiger partial charge in [-0.1, -0.05) is 0 Å². The van der Waals surface area contributed by atoms with Gasteiger partial charge in [0.2, 0.25) is 0 Å². The van der Waals surface area contributed by atoms with Gasteiger partial charge in [0.25, 0.3) is 0 Å². The normalized spacial score (nSPS) is 10.2. The molecule has 0 unspecified atom stereocenters. The van der Waals surface area contributed by atoms with Crippen LogP contribution in [-0.2, 0) is 7.05 Å². The second-order valence-electron chi connectivity index (χ2n) is 3.94. The molecule has 4 nitrogen and oxygen atoms in total.